The van der Waals surface area contributed by atoms with Gasteiger partial charge in [0, 0.05) is 37.3 Å². The van der Waals surface area contributed by atoms with Gasteiger partial charge in [0.05, 0.1) is 0 Å². The van der Waals surface area contributed by atoms with Crippen LogP contribution in [0.25, 0.3) is 0 Å². The highest BCUT2D eigenvalue weighted by Gasteiger charge is 2.24. The lowest BCUT2D eigenvalue weighted by Gasteiger charge is -2.26. The van der Waals surface area contributed by atoms with Crippen LogP contribution in [-0.4, -0.2) is 33.4 Å². The molecule has 2 nitrogen and oxygen atoms in total. The van der Waals surface area contributed by atoms with E-state index in [0.717, 1.165) is 43.2 Å². The molecule has 0 radical (unpaired) electrons. The second-order valence-corrected chi connectivity index (χ2v) is 9.24. The van der Waals surface area contributed by atoms with Crippen LogP contribution in [0.1, 0.15) is 61.9 Å². The number of hydrogen-bond donors (Lipinski definition) is 0. The lowest BCUT2D eigenvalue weighted by molar-refractivity contribution is 0.117. The number of rotatable bonds is 6. The van der Waals surface area contributed by atoms with Crippen LogP contribution in [0, 0.1) is 5.92 Å². The molecule has 3 rings (SSSR count). The molecule has 5 heteroatoms. The zero-order valence-corrected chi connectivity index (χ0v) is 17.1. The van der Waals surface area contributed by atoms with E-state index >= 15 is 0 Å². The minimum absolute atomic E-state index is 0.132. The van der Waals surface area contributed by atoms with Crippen molar-refractivity contribution in [2.24, 2.45) is 5.92 Å². The van der Waals surface area contributed by atoms with E-state index in [1.807, 2.05) is 6.07 Å². The molecule has 1 aliphatic carbocycles. The Morgan fingerprint density at radius 3 is 2.64 bits per heavy atom. The fraction of sp³-hybridized carbons (Fsp3) is 0.750. The molecule has 0 aromatic carbocycles. The first-order valence-corrected chi connectivity index (χ1v) is 10.8. The summed E-state index contributed by atoms with van der Waals surface area (Å²) in [5, 5.41) is 0. The number of hydrogen-bond acceptors (Lipinski definition) is 2. The van der Waals surface area contributed by atoms with Gasteiger partial charge >= 0.3 is 0 Å². The van der Waals surface area contributed by atoms with Crippen molar-refractivity contribution in [3.63, 3.8) is 0 Å². The molecule has 0 N–H and O–H groups in total. The molecule has 1 saturated carbocycles. The number of fused-ring (bicyclic) bond motifs is 1. The molecule has 0 saturated heterocycles. The molecule has 140 valence electrons. The first kappa shape index (κ1) is 19.5. The number of pyridine rings is 1. The summed E-state index contributed by atoms with van der Waals surface area (Å²) in [5.41, 5.74) is 3.25. The van der Waals surface area contributed by atoms with Crippen LogP contribution in [0.15, 0.2) is 12.1 Å². The zero-order valence-electron chi connectivity index (χ0n) is 15.0. The average molecular weight is 462 g/mol. The third-order valence-electron chi connectivity index (χ3n) is 5.73. The third-order valence-corrected chi connectivity index (χ3v) is 6.27. The third kappa shape index (κ3) is 6.42. The summed E-state index contributed by atoms with van der Waals surface area (Å²) in [5.74, 6) is 0.930. The fourth-order valence-corrected chi connectivity index (χ4v) is 4.42. The van der Waals surface area contributed by atoms with E-state index in [0.29, 0.717) is 6.42 Å². The number of halogens is 3. The Bertz CT molecular complexity index is 553. The van der Waals surface area contributed by atoms with Gasteiger partial charge in [-0.3, -0.25) is 4.98 Å². The van der Waals surface area contributed by atoms with E-state index in [2.05, 4.69) is 11.0 Å². The van der Waals surface area contributed by atoms with Crippen molar-refractivity contribution in [1.82, 2.24) is 9.88 Å². The SMILES string of the molecule is FC(F)(I)CCc1ccc2c(n1)CCN(CCC1CCCCC1)CC2. The van der Waals surface area contributed by atoms with Crippen LogP contribution in [0.3, 0.4) is 0 Å². The minimum Gasteiger partial charge on any atom is -0.303 e. The number of nitrogens with zero attached hydrogens (tertiary/aromatic N) is 2. The van der Waals surface area contributed by atoms with Gasteiger partial charge in [-0.1, -0.05) is 38.2 Å². The predicted molar refractivity (Wildman–Crippen MR) is 107 cm³/mol. The van der Waals surface area contributed by atoms with Crippen molar-refractivity contribution in [2.45, 2.75) is 68.1 Å². The lowest BCUT2D eigenvalue weighted by atomic mass is 9.87. The van der Waals surface area contributed by atoms with Crippen LogP contribution in [-0.2, 0) is 19.3 Å². The smallest absolute Gasteiger partial charge is 0.296 e. The van der Waals surface area contributed by atoms with Gasteiger partial charge in [-0.15, -0.1) is 0 Å². The second kappa shape index (κ2) is 9.07. The summed E-state index contributed by atoms with van der Waals surface area (Å²) < 4.78 is 23.5. The van der Waals surface area contributed by atoms with Crippen molar-refractivity contribution in [1.29, 1.82) is 0 Å². The maximum Gasteiger partial charge on any atom is 0.296 e. The van der Waals surface area contributed by atoms with E-state index in [1.54, 1.807) is 0 Å². The van der Waals surface area contributed by atoms with Gasteiger partial charge < -0.3 is 4.90 Å². The van der Waals surface area contributed by atoms with Gasteiger partial charge in [0.1, 0.15) is 0 Å². The molecule has 2 heterocycles. The van der Waals surface area contributed by atoms with Gasteiger partial charge in [-0.25, -0.2) is 0 Å². The summed E-state index contributed by atoms with van der Waals surface area (Å²) in [6, 6.07) is 4.06. The number of aromatic nitrogens is 1. The summed E-state index contributed by atoms with van der Waals surface area (Å²) >= 11 is 1.22. The number of alkyl halides is 3. The van der Waals surface area contributed by atoms with Crippen LogP contribution in [0.2, 0.25) is 0 Å². The fourth-order valence-electron chi connectivity index (χ4n) is 4.15. The quantitative estimate of drug-likeness (QED) is 0.415. The van der Waals surface area contributed by atoms with Crippen molar-refractivity contribution in [2.75, 3.05) is 19.6 Å². The normalized spacial score (nSPS) is 20.3. The summed E-state index contributed by atoms with van der Waals surface area (Å²) in [4.78, 5) is 7.28. The lowest BCUT2D eigenvalue weighted by Crippen LogP contribution is -2.29. The van der Waals surface area contributed by atoms with Crippen molar-refractivity contribution in [3.8, 4) is 0 Å². The van der Waals surface area contributed by atoms with Crippen LogP contribution < -0.4 is 0 Å². The molecule has 0 atom stereocenters. The molecule has 0 bridgehead atoms. The Labute approximate surface area is 163 Å². The van der Waals surface area contributed by atoms with Gasteiger partial charge in [-0.2, -0.15) is 8.78 Å². The van der Waals surface area contributed by atoms with Crippen molar-refractivity contribution in [3.05, 3.63) is 29.1 Å². The van der Waals surface area contributed by atoms with E-state index < -0.39 is 3.93 Å². The highest BCUT2D eigenvalue weighted by Crippen LogP contribution is 2.29. The molecule has 0 spiro atoms. The van der Waals surface area contributed by atoms with E-state index in [9.17, 15) is 8.78 Å². The van der Waals surface area contributed by atoms with E-state index in [1.165, 1.54) is 73.2 Å². The standard InChI is InChI=1S/C20H29F2IN2/c21-20(22,23)12-8-18-7-6-17-10-14-25(15-11-19(17)24-18)13-9-16-4-2-1-3-5-16/h6-7,16H,1-5,8-15H2. The largest absolute Gasteiger partial charge is 0.303 e. The topological polar surface area (TPSA) is 16.1 Å². The first-order chi connectivity index (χ1) is 12.0. The Kier molecular flexibility index (Phi) is 7.06. The Hall–Kier alpha value is -0.300. The van der Waals surface area contributed by atoms with Gasteiger partial charge in [0.2, 0.25) is 0 Å². The molecule has 25 heavy (non-hydrogen) atoms. The second-order valence-electron chi connectivity index (χ2n) is 7.66. The minimum atomic E-state index is -2.64. The number of aryl methyl sites for hydroxylation is 1. The predicted octanol–water partition coefficient (Wildman–Crippen LogP) is 5.41. The Morgan fingerprint density at radius 1 is 1.12 bits per heavy atom. The summed E-state index contributed by atoms with van der Waals surface area (Å²) in [6.45, 7) is 3.36. The molecule has 1 aromatic rings. The van der Waals surface area contributed by atoms with Gasteiger partial charge in [0.15, 0.2) is 0 Å². The molecule has 0 unspecified atom stereocenters. The molecule has 1 aliphatic heterocycles. The van der Waals surface area contributed by atoms with E-state index in [4.69, 9.17) is 4.98 Å². The highest BCUT2D eigenvalue weighted by molar-refractivity contribution is 14.1. The Morgan fingerprint density at radius 2 is 1.88 bits per heavy atom. The monoisotopic (exact) mass is 462 g/mol. The first-order valence-electron chi connectivity index (χ1n) is 9.76. The maximum absolute atomic E-state index is 13.1. The molecule has 2 aliphatic rings. The van der Waals surface area contributed by atoms with Crippen molar-refractivity contribution >= 4 is 22.6 Å². The van der Waals surface area contributed by atoms with Gasteiger partial charge in [-0.05, 0) is 65.9 Å². The molecule has 1 fully saturated rings. The van der Waals surface area contributed by atoms with Gasteiger partial charge in [0.25, 0.3) is 3.93 Å². The summed E-state index contributed by atoms with van der Waals surface area (Å²) in [7, 11) is 0. The van der Waals surface area contributed by atoms with Crippen LogP contribution in [0.5, 0.6) is 0 Å². The zero-order chi connectivity index (χ0) is 17.7. The highest BCUT2D eigenvalue weighted by atomic mass is 127. The van der Waals surface area contributed by atoms with Crippen molar-refractivity contribution < 1.29 is 8.78 Å². The Balaban J connectivity index is 1.50. The average Bonchev–Trinajstić information content (AvgIpc) is 2.80. The maximum atomic E-state index is 13.1. The molecular weight excluding hydrogens is 433 g/mol. The molecular formula is C20H29F2IN2. The molecule has 1 aromatic heterocycles. The summed E-state index contributed by atoms with van der Waals surface area (Å²) in [6.07, 6.45) is 10.6. The van der Waals surface area contributed by atoms with E-state index in [-0.39, 0.29) is 6.42 Å². The van der Waals surface area contributed by atoms with Crippen LogP contribution in [0.4, 0.5) is 8.78 Å². The molecule has 0 amide bonds. The van der Waals surface area contributed by atoms with Crippen LogP contribution >= 0.6 is 22.6 Å².